The summed E-state index contributed by atoms with van der Waals surface area (Å²) in [5, 5.41) is 6.11. The maximum absolute atomic E-state index is 13.3. The molecule has 0 bridgehead atoms. The monoisotopic (exact) mass is 677 g/mol. The van der Waals surface area contributed by atoms with Gasteiger partial charge in [-0.2, -0.15) is 18.3 Å². The Kier molecular flexibility index (Phi) is 14.6. The van der Waals surface area contributed by atoms with Crippen LogP contribution >= 0.6 is 11.6 Å². The minimum absolute atomic E-state index is 0.00197. The lowest BCUT2D eigenvalue weighted by Crippen LogP contribution is -2.32. The summed E-state index contributed by atoms with van der Waals surface area (Å²) in [6.07, 6.45) is -2.84. The van der Waals surface area contributed by atoms with Gasteiger partial charge in [0.05, 0.1) is 41.3 Å². The number of rotatable bonds is 17. The van der Waals surface area contributed by atoms with Crippen LogP contribution in [0.25, 0.3) is 0 Å². The lowest BCUT2D eigenvalue weighted by atomic mass is 10.1. The number of hydrogen-bond donors (Lipinski definition) is 2. The Morgan fingerprint density at radius 3 is 2.45 bits per heavy atom. The Labute approximate surface area is 277 Å². The molecule has 3 rings (SSSR count). The molecule has 0 radical (unpaired) electrons. The summed E-state index contributed by atoms with van der Waals surface area (Å²) in [6.45, 7) is 8.37. The van der Waals surface area contributed by atoms with Gasteiger partial charge in [0.25, 0.3) is 11.8 Å². The standard InChI is InChI=1S/C34H40ClF4N5O3/c1-4-44(5-2)17-16-43(3)23-25-9-8-10-26(19-25)32(45)41-31-14-12-27(47-18-7-6-15-36)21-28(31)33(46)42-40-22-24-11-13-30(35)29(20-24)34(37,38)39/h8-14,19-22H,4-7,15-18,23H2,1-3H3,(H,41,45)(H,42,46)/b40-22-. The second-order valence-corrected chi connectivity index (χ2v) is 11.2. The average molecular weight is 678 g/mol. The number of likely N-dealkylation sites (N-methyl/N-ethyl adjacent to an activating group) is 2. The van der Waals surface area contributed by atoms with E-state index in [1.165, 1.54) is 18.2 Å². The van der Waals surface area contributed by atoms with Crippen molar-refractivity contribution in [3.05, 3.63) is 93.5 Å². The first-order valence-corrected chi connectivity index (χ1v) is 15.7. The Hall–Kier alpha value is -4.00. The van der Waals surface area contributed by atoms with Crippen molar-refractivity contribution in [3.63, 3.8) is 0 Å². The lowest BCUT2D eigenvalue weighted by molar-refractivity contribution is -0.137. The van der Waals surface area contributed by atoms with E-state index < -0.39 is 35.3 Å². The van der Waals surface area contributed by atoms with E-state index in [2.05, 4.69) is 39.5 Å². The molecule has 0 aliphatic carbocycles. The fourth-order valence-electron chi connectivity index (χ4n) is 4.61. The fraction of sp³-hybridized carbons (Fsp3) is 0.382. The van der Waals surface area contributed by atoms with Crippen molar-refractivity contribution in [3.8, 4) is 5.75 Å². The molecule has 47 heavy (non-hydrogen) atoms. The highest BCUT2D eigenvalue weighted by atomic mass is 35.5. The number of alkyl halides is 4. The number of carbonyl (C=O) groups excluding carboxylic acids is 2. The lowest BCUT2D eigenvalue weighted by Gasteiger charge is -2.23. The Morgan fingerprint density at radius 1 is 0.979 bits per heavy atom. The highest BCUT2D eigenvalue weighted by Crippen LogP contribution is 2.35. The van der Waals surface area contributed by atoms with E-state index in [0.29, 0.717) is 30.7 Å². The SMILES string of the molecule is CCN(CC)CCN(C)Cc1cccc(C(=O)Nc2ccc(OCCCCF)cc2C(=O)N/N=C\c2ccc(Cl)c(C(F)(F)F)c2)c1. The number of amides is 2. The van der Waals surface area contributed by atoms with Crippen molar-refractivity contribution in [2.75, 3.05) is 51.8 Å². The first kappa shape index (κ1) is 37.5. The van der Waals surface area contributed by atoms with Crippen molar-refractivity contribution < 1.29 is 31.9 Å². The summed E-state index contributed by atoms with van der Waals surface area (Å²) in [6, 6.07) is 14.9. The van der Waals surface area contributed by atoms with Crippen molar-refractivity contribution in [1.82, 2.24) is 15.2 Å². The molecule has 13 heteroatoms. The van der Waals surface area contributed by atoms with Crippen molar-refractivity contribution >= 4 is 35.3 Å². The molecule has 2 amide bonds. The molecule has 2 N–H and O–H groups in total. The number of carbonyl (C=O) groups is 2. The number of benzene rings is 3. The van der Waals surface area contributed by atoms with Crippen LogP contribution in [0.2, 0.25) is 5.02 Å². The Bertz CT molecular complexity index is 1520. The maximum atomic E-state index is 13.3. The van der Waals surface area contributed by atoms with Gasteiger partial charge < -0.3 is 19.9 Å². The largest absolute Gasteiger partial charge is 0.494 e. The van der Waals surface area contributed by atoms with E-state index in [-0.39, 0.29) is 23.4 Å². The zero-order valence-corrected chi connectivity index (χ0v) is 27.4. The van der Waals surface area contributed by atoms with Gasteiger partial charge in [-0.1, -0.05) is 43.6 Å². The molecule has 0 aromatic heterocycles. The van der Waals surface area contributed by atoms with Gasteiger partial charge in [-0.15, -0.1) is 0 Å². The van der Waals surface area contributed by atoms with E-state index in [9.17, 15) is 27.2 Å². The molecule has 0 aliphatic rings. The Morgan fingerprint density at radius 2 is 1.74 bits per heavy atom. The van der Waals surface area contributed by atoms with E-state index in [1.807, 2.05) is 13.1 Å². The van der Waals surface area contributed by atoms with Crippen LogP contribution in [-0.2, 0) is 12.7 Å². The zero-order valence-electron chi connectivity index (χ0n) is 26.7. The first-order chi connectivity index (χ1) is 22.4. The van der Waals surface area contributed by atoms with Gasteiger partial charge in [0, 0.05) is 25.2 Å². The number of nitrogens with zero attached hydrogens (tertiary/aromatic N) is 3. The van der Waals surface area contributed by atoms with Gasteiger partial charge in [-0.05, 0) is 86.6 Å². The molecule has 0 unspecified atom stereocenters. The number of halogens is 5. The van der Waals surface area contributed by atoms with E-state index in [4.69, 9.17) is 16.3 Å². The van der Waals surface area contributed by atoms with Gasteiger partial charge in [0.15, 0.2) is 0 Å². The fourth-order valence-corrected chi connectivity index (χ4v) is 4.84. The van der Waals surface area contributed by atoms with E-state index in [1.54, 1.807) is 24.3 Å². The number of ether oxygens (including phenoxy) is 1. The van der Waals surface area contributed by atoms with Crippen LogP contribution in [0.1, 0.15) is 64.1 Å². The quantitative estimate of drug-likeness (QED) is 0.0679. The van der Waals surface area contributed by atoms with Crippen molar-refractivity contribution in [1.29, 1.82) is 0 Å². The number of unbranched alkanes of at least 4 members (excludes halogenated alkanes) is 1. The average Bonchev–Trinajstić information content (AvgIpc) is 3.04. The van der Waals surface area contributed by atoms with Crippen LogP contribution in [0.4, 0.5) is 23.2 Å². The summed E-state index contributed by atoms with van der Waals surface area (Å²) in [5.74, 6) is -0.898. The minimum Gasteiger partial charge on any atom is -0.494 e. The van der Waals surface area contributed by atoms with Crippen molar-refractivity contribution in [2.24, 2.45) is 5.10 Å². The third-order valence-electron chi connectivity index (χ3n) is 7.29. The molecule has 3 aromatic rings. The molecule has 3 aromatic carbocycles. The highest BCUT2D eigenvalue weighted by molar-refractivity contribution is 6.31. The highest BCUT2D eigenvalue weighted by Gasteiger charge is 2.33. The van der Waals surface area contributed by atoms with Crippen LogP contribution in [0, 0.1) is 0 Å². The summed E-state index contributed by atoms with van der Waals surface area (Å²) >= 11 is 5.68. The van der Waals surface area contributed by atoms with Crippen molar-refractivity contribution in [2.45, 2.75) is 39.4 Å². The second kappa shape index (κ2) is 18.4. The van der Waals surface area contributed by atoms with E-state index in [0.717, 1.165) is 50.1 Å². The van der Waals surface area contributed by atoms with Gasteiger partial charge in [0.1, 0.15) is 5.75 Å². The summed E-state index contributed by atoms with van der Waals surface area (Å²) in [4.78, 5) is 31.1. The topological polar surface area (TPSA) is 86.3 Å². The minimum atomic E-state index is -4.66. The zero-order chi connectivity index (χ0) is 34.4. The molecule has 0 aliphatic heterocycles. The normalized spacial score (nSPS) is 11.8. The first-order valence-electron chi connectivity index (χ1n) is 15.3. The van der Waals surface area contributed by atoms with Gasteiger partial charge >= 0.3 is 6.18 Å². The molecule has 0 spiro atoms. The van der Waals surface area contributed by atoms with Crippen LogP contribution in [0.3, 0.4) is 0 Å². The summed E-state index contributed by atoms with van der Waals surface area (Å²) in [7, 11) is 2.02. The van der Waals surface area contributed by atoms with Crippen LogP contribution in [-0.4, -0.2) is 74.3 Å². The van der Waals surface area contributed by atoms with E-state index >= 15 is 0 Å². The molecule has 0 atom stereocenters. The number of anilines is 1. The van der Waals surface area contributed by atoms with Gasteiger partial charge in [0.2, 0.25) is 0 Å². The number of hydrazone groups is 1. The third-order valence-corrected chi connectivity index (χ3v) is 7.62. The maximum Gasteiger partial charge on any atom is 0.417 e. The van der Waals surface area contributed by atoms with Gasteiger partial charge in [-0.3, -0.25) is 14.0 Å². The predicted octanol–water partition coefficient (Wildman–Crippen LogP) is 7.28. The molecule has 0 heterocycles. The molecule has 0 saturated carbocycles. The molecule has 0 saturated heterocycles. The third kappa shape index (κ3) is 11.9. The summed E-state index contributed by atoms with van der Waals surface area (Å²) < 4.78 is 57.8. The molecule has 254 valence electrons. The molecular weight excluding hydrogens is 638 g/mol. The number of hydrogen-bond acceptors (Lipinski definition) is 6. The van der Waals surface area contributed by atoms with Gasteiger partial charge in [-0.25, -0.2) is 5.43 Å². The van der Waals surface area contributed by atoms with Crippen LogP contribution in [0.5, 0.6) is 5.75 Å². The molecule has 8 nitrogen and oxygen atoms in total. The smallest absolute Gasteiger partial charge is 0.417 e. The molecular formula is C34H40ClF4N5O3. The Balaban J connectivity index is 1.77. The van der Waals surface area contributed by atoms with Crippen LogP contribution < -0.4 is 15.5 Å². The predicted molar refractivity (Wildman–Crippen MR) is 177 cm³/mol. The summed E-state index contributed by atoms with van der Waals surface area (Å²) in [5.41, 5.74) is 2.80. The second-order valence-electron chi connectivity index (χ2n) is 10.8. The number of nitrogens with one attached hydrogen (secondary N) is 2. The van der Waals surface area contributed by atoms with Crippen LogP contribution in [0.15, 0.2) is 65.8 Å². The molecule has 0 fully saturated rings.